The van der Waals surface area contributed by atoms with E-state index in [9.17, 15) is 14.4 Å². The van der Waals surface area contributed by atoms with E-state index >= 15 is 0 Å². The molecule has 9 nitrogen and oxygen atoms in total. The van der Waals surface area contributed by atoms with Gasteiger partial charge in [-0.1, -0.05) is 13.8 Å². The van der Waals surface area contributed by atoms with Crippen LogP contribution in [0.25, 0.3) is 0 Å². The van der Waals surface area contributed by atoms with Crippen LogP contribution in [-0.4, -0.2) is 52.8 Å². The van der Waals surface area contributed by atoms with Gasteiger partial charge < -0.3 is 29.0 Å². The van der Waals surface area contributed by atoms with Crippen LogP contribution in [0.3, 0.4) is 0 Å². The normalized spacial score (nSPS) is 21.7. The van der Waals surface area contributed by atoms with Gasteiger partial charge in [0.25, 0.3) is 0 Å². The zero-order chi connectivity index (χ0) is 25.9. The molecule has 0 fully saturated rings. The minimum absolute atomic E-state index is 0.235. The number of allylic oxidation sites excluding steroid dienone is 3. The third-order valence-electron chi connectivity index (χ3n) is 6.42. The number of carbonyl (C=O) groups excluding carboxylic acids is 3. The van der Waals surface area contributed by atoms with Crippen LogP contribution in [0.5, 0.6) is 17.2 Å². The first-order valence-corrected chi connectivity index (χ1v) is 11.5. The molecule has 0 unspecified atom stereocenters. The lowest BCUT2D eigenvalue weighted by molar-refractivity contribution is -0.151. The fourth-order valence-electron chi connectivity index (χ4n) is 4.82. The van der Waals surface area contributed by atoms with Crippen LogP contribution >= 0.6 is 0 Å². The third-order valence-corrected chi connectivity index (χ3v) is 6.42. The van der Waals surface area contributed by atoms with E-state index in [4.69, 9.17) is 23.7 Å². The Balaban J connectivity index is 2.27. The number of hydrogen-bond donors (Lipinski definition) is 1. The van der Waals surface area contributed by atoms with Gasteiger partial charge in [0.15, 0.2) is 17.3 Å². The first kappa shape index (κ1) is 26.1. The molecule has 9 heteroatoms. The van der Waals surface area contributed by atoms with Crippen molar-refractivity contribution in [1.82, 2.24) is 5.32 Å². The second-order valence-corrected chi connectivity index (χ2v) is 8.63. The molecule has 3 atom stereocenters. The van der Waals surface area contributed by atoms with Crippen molar-refractivity contribution in [1.29, 1.82) is 0 Å². The molecule has 0 spiro atoms. The maximum Gasteiger partial charge on any atom is 0.336 e. The lowest BCUT2D eigenvalue weighted by Crippen LogP contribution is -2.43. The van der Waals surface area contributed by atoms with Gasteiger partial charge in [-0.2, -0.15) is 0 Å². The van der Waals surface area contributed by atoms with Gasteiger partial charge in [0.1, 0.15) is 5.92 Å². The first-order chi connectivity index (χ1) is 16.7. The molecule has 1 aliphatic carbocycles. The predicted octanol–water partition coefficient (Wildman–Crippen LogP) is 3.28. The predicted molar refractivity (Wildman–Crippen MR) is 127 cm³/mol. The second kappa shape index (κ2) is 10.8. The van der Waals surface area contributed by atoms with Crippen molar-refractivity contribution in [3.05, 3.63) is 40.2 Å². The number of dihydropyridines is 1. The molecule has 0 radical (unpaired) electrons. The van der Waals surface area contributed by atoms with Gasteiger partial charge in [0.2, 0.25) is 5.75 Å². The highest BCUT2D eigenvalue weighted by Crippen LogP contribution is 2.48. The maximum absolute atomic E-state index is 13.8. The summed E-state index contributed by atoms with van der Waals surface area (Å²) < 4.78 is 26.9. The van der Waals surface area contributed by atoms with Crippen molar-refractivity contribution in [2.24, 2.45) is 11.8 Å². The Kier molecular flexibility index (Phi) is 8.09. The van der Waals surface area contributed by atoms with Gasteiger partial charge in [-0.15, -0.1) is 0 Å². The average molecular weight is 488 g/mol. The number of ether oxygens (including phenoxy) is 5. The number of nitrogens with one attached hydrogen (secondary N) is 1. The smallest absolute Gasteiger partial charge is 0.336 e. The van der Waals surface area contributed by atoms with Crippen LogP contribution in [0.15, 0.2) is 34.7 Å². The molecule has 0 aromatic heterocycles. The summed E-state index contributed by atoms with van der Waals surface area (Å²) in [5.74, 6) is -2.44. The Hall–Kier alpha value is -3.49. The van der Waals surface area contributed by atoms with Crippen molar-refractivity contribution in [2.75, 3.05) is 35.0 Å². The molecule has 190 valence electrons. The highest BCUT2D eigenvalue weighted by molar-refractivity contribution is 6.12. The van der Waals surface area contributed by atoms with Crippen LogP contribution in [0, 0.1) is 11.8 Å². The monoisotopic (exact) mass is 487 g/mol. The fourth-order valence-corrected chi connectivity index (χ4v) is 4.82. The SMILES string of the molecule is CCCOC(=O)C1=C(C)NC2=C(C(=O)[C@@H](C(=O)OC)[C@H](C)C2)[C@@H]1c1cc(OC)c(OC)c(OC)c1. The lowest BCUT2D eigenvalue weighted by Gasteiger charge is -2.38. The number of hydrogen-bond acceptors (Lipinski definition) is 9. The Labute approximate surface area is 205 Å². The number of carbonyl (C=O) groups is 3. The average Bonchev–Trinajstić information content (AvgIpc) is 2.85. The molecule has 35 heavy (non-hydrogen) atoms. The Bertz CT molecular complexity index is 1060. The molecule has 1 aromatic rings. The molecule has 0 bridgehead atoms. The van der Waals surface area contributed by atoms with Crippen molar-refractivity contribution in [3.8, 4) is 17.2 Å². The van der Waals surface area contributed by atoms with Gasteiger partial charge in [-0.3, -0.25) is 9.59 Å². The number of ketones is 1. The van der Waals surface area contributed by atoms with Gasteiger partial charge in [-0.05, 0) is 43.4 Å². The van der Waals surface area contributed by atoms with E-state index in [1.54, 1.807) is 19.1 Å². The minimum Gasteiger partial charge on any atom is -0.493 e. The number of rotatable bonds is 8. The molecule has 0 saturated carbocycles. The Morgan fingerprint density at radius 3 is 2.20 bits per heavy atom. The molecule has 2 aliphatic rings. The highest BCUT2D eigenvalue weighted by Gasteiger charge is 2.47. The van der Waals surface area contributed by atoms with E-state index < -0.39 is 23.8 Å². The van der Waals surface area contributed by atoms with Crippen molar-refractivity contribution < 1.29 is 38.1 Å². The summed E-state index contributed by atoms with van der Waals surface area (Å²) in [5.41, 5.74) is 2.45. The fraction of sp³-hybridized carbons (Fsp3) is 0.500. The summed E-state index contributed by atoms with van der Waals surface area (Å²) in [5, 5.41) is 3.24. The van der Waals surface area contributed by atoms with E-state index in [1.807, 2.05) is 13.8 Å². The zero-order valence-corrected chi connectivity index (χ0v) is 21.3. The summed E-state index contributed by atoms with van der Waals surface area (Å²) in [4.78, 5) is 39.6. The number of methoxy groups -OCH3 is 4. The first-order valence-electron chi connectivity index (χ1n) is 11.5. The molecule has 0 saturated heterocycles. The molecule has 1 aliphatic heterocycles. The quantitative estimate of drug-likeness (QED) is 0.436. The molecule has 0 amide bonds. The topological polar surface area (TPSA) is 109 Å². The summed E-state index contributed by atoms with van der Waals surface area (Å²) in [6.07, 6.45) is 1.09. The summed E-state index contributed by atoms with van der Waals surface area (Å²) in [6.45, 7) is 5.75. The highest BCUT2D eigenvalue weighted by atomic mass is 16.5. The van der Waals surface area contributed by atoms with Gasteiger partial charge in [0.05, 0.1) is 40.6 Å². The van der Waals surface area contributed by atoms with Crippen LogP contribution in [-0.2, 0) is 23.9 Å². The lowest BCUT2D eigenvalue weighted by atomic mass is 9.69. The largest absolute Gasteiger partial charge is 0.493 e. The maximum atomic E-state index is 13.8. The standard InChI is InChI=1S/C26H33NO8/c1-8-9-35-26(30)20-14(3)27-16-10-13(2)19(25(29)34-7)23(28)22(16)21(20)15-11-17(31-4)24(33-6)18(12-15)32-5/h11-13,19,21,27H,8-10H2,1-7H3/t13-,19+,21-/m1/s1. The number of benzene rings is 1. The van der Waals surface area contributed by atoms with Crippen LogP contribution in [0.1, 0.15) is 45.1 Å². The molecule has 1 aromatic carbocycles. The van der Waals surface area contributed by atoms with E-state index in [0.29, 0.717) is 52.6 Å². The number of esters is 2. The molecular formula is C26H33NO8. The third kappa shape index (κ3) is 4.72. The van der Waals surface area contributed by atoms with Crippen molar-refractivity contribution >= 4 is 17.7 Å². The van der Waals surface area contributed by atoms with Crippen LogP contribution in [0.2, 0.25) is 0 Å². The van der Waals surface area contributed by atoms with Gasteiger partial charge in [0, 0.05) is 22.9 Å². The molecule has 1 heterocycles. The Morgan fingerprint density at radius 2 is 1.69 bits per heavy atom. The minimum atomic E-state index is -0.976. The van der Waals surface area contributed by atoms with E-state index in [2.05, 4.69) is 5.32 Å². The van der Waals surface area contributed by atoms with E-state index in [1.165, 1.54) is 28.4 Å². The molecule has 3 rings (SSSR count). The number of Topliss-reactive ketones (excluding diaryl/α,β-unsaturated/α-hetero) is 1. The van der Waals surface area contributed by atoms with E-state index in [0.717, 1.165) is 0 Å². The van der Waals surface area contributed by atoms with Crippen molar-refractivity contribution in [3.63, 3.8) is 0 Å². The zero-order valence-electron chi connectivity index (χ0n) is 21.3. The summed E-state index contributed by atoms with van der Waals surface area (Å²) in [6, 6.07) is 3.42. The summed E-state index contributed by atoms with van der Waals surface area (Å²) in [7, 11) is 5.74. The van der Waals surface area contributed by atoms with Crippen molar-refractivity contribution in [2.45, 2.75) is 39.5 Å². The van der Waals surface area contributed by atoms with Crippen LogP contribution < -0.4 is 19.5 Å². The molecule has 1 N–H and O–H groups in total. The summed E-state index contributed by atoms with van der Waals surface area (Å²) >= 11 is 0. The van der Waals surface area contributed by atoms with Gasteiger partial charge >= 0.3 is 11.9 Å². The van der Waals surface area contributed by atoms with E-state index in [-0.39, 0.29) is 23.9 Å². The van der Waals surface area contributed by atoms with Crippen LogP contribution in [0.4, 0.5) is 0 Å². The Morgan fingerprint density at radius 1 is 1.06 bits per heavy atom. The van der Waals surface area contributed by atoms with Gasteiger partial charge in [-0.25, -0.2) is 4.79 Å². The second-order valence-electron chi connectivity index (χ2n) is 8.63. The molecular weight excluding hydrogens is 454 g/mol.